The van der Waals surface area contributed by atoms with Crippen molar-refractivity contribution >= 4 is 5.69 Å². The van der Waals surface area contributed by atoms with Crippen LogP contribution in [0, 0.1) is 18.8 Å². The van der Waals surface area contributed by atoms with Crippen LogP contribution in [-0.4, -0.2) is 19.1 Å². The molecule has 1 aliphatic carbocycles. The van der Waals surface area contributed by atoms with E-state index >= 15 is 0 Å². The highest BCUT2D eigenvalue weighted by Crippen LogP contribution is 2.44. The Morgan fingerprint density at radius 1 is 1.33 bits per heavy atom. The topological polar surface area (TPSA) is 24.1 Å². The van der Waals surface area contributed by atoms with E-state index in [1.54, 1.807) is 0 Å². The van der Waals surface area contributed by atoms with E-state index in [0.29, 0.717) is 6.04 Å². The van der Waals surface area contributed by atoms with Gasteiger partial charge in [0, 0.05) is 18.3 Å². The van der Waals surface area contributed by atoms with Gasteiger partial charge in [0.15, 0.2) is 0 Å². The van der Waals surface area contributed by atoms with Crippen LogP contribution in [0.2, 0.25) is 0 Å². The summed E-state index contributed by atoms with van der Waals surface area (Å²) in [4.78, 5) is 0. The van der Waals surface area contributed by atoms with Crippen molar-refractivity contribution in [3.8, 4) is 0 Å². The minimum atomic E-state index is 0.705. The Labute approximate surface area is 91.1 Å². The van der Waals surface area contributed by atoms with Crippen LogP contribution >= 0.6 is 0 Å². The van der Waals surface area contributed by atoms with E-state index in [-0.39, 0.29) is 0 Å². The lowest BCUT2D eigenvalue weighted by Gasteiger charge is -2.15. The summed E-state index contributed by atoms with van der Waals surface area (Å²) in [7, 11) is 0. The molecule has 1 aliphatic heterocycles. The summed E-state index contributed by atoms with van der Waals surface area (Å²) in [6.07, 6.45) is 1.45. The normalized spacial score (nSPS) is 32.5. The van der Waals surface area contributed by atoms with Gasteiger partial charge in [0.25, 0.3) is 0 Å². The van der Waals surface area contributed by atoms with Gasteiger partial charge in [-0.2, -0.15) is 0 Å². The molecule has 0 spiro atoms. The first-order chi connectivity index (χ1) is 7.33. The molecule has 2 N–H and O–H groups in total. The summed E-state index contributed by atoms with van der Waals surface area (Å²) in [5.41, 5.74) is 2.56. The minimum absolute atomic E-state index is 0.705. The van der Waals surface area contributed by atoms with Crippen molar-refractivity contribution in [1.82, 2.24) is 5.32 Å². The zero-order valence-corrected chi connectivity index (χ0v) is 9.16. The summed E-state index contributed by atoms with van der Waals surface area (Å²) in [6, 6.07) is 9.34. The molecule has 0 radical (unpaired) electrons. The Hall–Kier alpha value is -1.02. The second-order valence-electron chi connectivity index (χ2n) is 4.92. The maximum Gasteiger partial charge on any atom is 0.0340 e. The smallest absolute Gasteiger partial charge is 0.0340 e. The lowest BCUT2D eigenvalue weighted by atomic mass is 10.2. The summed E-state index contributed by atoms with van der Waals surface area (Å²) in [5, 5.41) is 7.08. The van der Waals surface area contributed by atoms with E-state index in [1.807, 2.05) is 0 Å². The van der Waals surface area contributed by atoms with Crippen LogP contribution in [0.1, 0.15) is 12.0 Å². The first-order valence-electron chi connectivity index (χ1n) is 5.87. The molecule has 0 bridgehead atoms. The van der Waals surface area contributed by atoms with Gasteiger partial charge in [-0.05, 0) is 43.9 Å². The molecule has 0 aromatic heterocycles. The molecule has 3 rings (SSSR count). The third-order valence-corrected chi connectivity index (χ3v) is 3.71. The van der Waals surface area contributed by atoms with Gasteiger partial charge in [0.05, 0.1) is 0 Å². The van der Waals surface area contributed by atoms with Crippen LogP contribution in [-0.2, 0) is 0 Å². The van der Waals surface area contributed by atoms with Gasteiger partial charge in [-0.3, -0.25) is 0 Å². The van der Waals surface area contributed by atoms with Crippen LogP contribution < -0.4 is 10.6 Å². The number of hydrogen-bond donors (Lipinski definition) is 2. The number of benzene rings is 1. The molecule has 3 atom stereocenters. The molecule has 2 heteroatoms. The summed E-state index contributed by atoms with van der Waals surface area (Å²) in [6.45, 7) is 4.44. The maximum absolute atomic E-state index is 3.58. The quantitative estimate of drug-likeness (QED) is 0.783. The second-order valence-corrected chi connectivity index (χ2v) is 4.92. The van der Waals surface area contributed by atoms with E-state index in [0.717, 1.165) is 18.4 Å². The largest absolute Gasteiger partial charge is 0.383 e. The standard InChI is InChI=1S/C13H18N2/c1-9-2-4-11(5-3-9)14-8-13-12-6-10(12)7-15-13/h2-5,10,12-15H,6-8H2,1H3. The molecule has 1 saturated heterocycles. The molecular formula is C13H18N2. The highest BCUT2D eigenvalue weighted by Gasteiger charge is 2.47. The summed E-state index contributed by atoms with van der Waals surface area (Å²) < 4.78 is 0. The van der Waals surface area contributed by atoms with Crippen LogP contribution in [0.15, 0.2) is 24.3 Å². The zero-order chi connectivity index (χ0) is 10.3. The summed E-state index contributed by atoms with van der Waals surface area (Å²) in [5.74, 6) is 1.96. The van der Waals surface area contributed by atoms with Crippen LogP contribution in [0.25, 0.3) is 0 Å². The fourth-order valence-corrected chi connectivity index (χ4v) is 2.58. The number of hydrogen-bond acceptors (Lipinski definition) is 2. The predicted molar refractivity (Wildman–Crippen MR) is 63.1 cm³/mol. The Kier molecular flexibility index (Phi) is 2.17. The Balaban J connectivity index is 1.55. The highest BCUT2D eigenvalue weighted by molar-refractivity contribution is 5.44. The molecule has 1 aromatic carbocycles. The third kappa shape index (κ3) is 1.86. The molecule has 0 amide bonds. The number of rotatable bonds is 3. The lowest BCUT2D eigenvalue weighted by molar-refractivity contribution is 0.556. The highest BCUT2D eigenvalue weighted by atomic mass is 15.1. The molecule has 3 unspecified atom stereocenters. The number of nitrogens with one attached hydrogen (secondary N) is 2. The Bertz CT molecular complexity index is 344. The number of piperidine rings is 1. The van der Waals surface area contributed by atoms with Crippen LogP contribution in [0.5, 0.6) is 0 Å². The molecule has 2 fully saturated rings. The Morgan fingerprint density at radius 3 is 2.73 bits per heavy atom. The van der Waals surface area contributed by atoms with Crippen molar-refractivity contribution in [3.05, 3.63) is 29.8 Å². The molecule has 80 valence electrons. The van der Waals surface area contributed by atoms with Gasteiger partial charge < -0.3 is 10.6 Å². The molecule has 1 aromatic rings. The molecule has 2 nitrogen and oxygen atoms in total. The lowest BCUT2D eigenvalue weighted by Crippen LogP contribution is -2.33. The number of fused-ring (bicyclic) bond motifs is 1. The molecule has 2 aliphatic rings. The first kappa shape index (κ1) is 9.22. The SMILES string of the molecule is Cc1ccc(NCC2NCC3CC32)cc1. The average Bonchev–Trinajstić information content (AvgIpc) is 2.93. The average molecular weight is 202 g/mol. The monoisotopic (exact) mass is 202 g/mol. The van der Waals surface area contributed by atoms with Gasteiger partial charge >= 0.3 is 0 Å². The van der Waals surface area contributed by atoms with Gasteiger partial charge in [0.1, 0.15) is 0 Å². The van der Waals surface area contributed by atoms with Gasteiger partial charge in [-0.15, -0.1) is 0 Å². The molecule has 1 saturated carbocycles. The maximum atomic E-state index is 3.58. The fraction of sp³-hybridized carbons (Fsp3) is 0.538. The van der Waals surface area contributed by atoms with E-state index in [9.17, 15) is 0 Å². The van der Waals surface area contributed by atoms with Gasteiger partial charge in [-0.25, -0.2) is 0 Å². The van der Waals surface area contributed by atoms with Crippen molar-refractivity contribution in [1.29, 1.82) is 0 Å². The van der Waals surface area contributed by atoms with Crippen molar-refractivity contribution < 1.29 is 0 Å². The van der Waals surface area contributed by atoms with Gasteiger partial charge in [-0.1, -0.05) is 17.7 Å². The van der Waals surface area contributed by atoms with E-state index < -0.39 is 0 Å². The van der Waals surface area contributed by atoms with Crippen molar-refractivity contribution in [3.63, 3.8) is 0 Å². The second kappa shape index (κ2) is 3.53. The zero-order valence-electron chi connectivity index (χ0n) is 9.16. The van der Waals surface area contributed by atoms with Crippen LogP contribution in [0.3, 0.4) is 0 Å². The fourth-order valence-electron chi connectivity index (χ4n) is 2.58. The van der Waals surface area contributed by atoms with Crippen molar-refractivity contribution in [2.75, 3.05) is 18.4 Å². The van der Waals surface area contributed by atoms with Gasteiger partial charge in [0.2, 0.25) is 0 Å². The van der Waals surface area contributed by atoms with Crippen LogP contribution in [0.4, 0.5) is 5.69 Å². The van der Waals surface area contributed by atoms with E-state index in [2.05, 4.69) is 41.8 Å². The molecule has 15 heavy (non-hydrogen) atoms. The molecule has 1 heterocycles. The molecular weight excluding hydrogens is 184 g/mol. The van der Waals surface area contributed by atoms with Crippen molar-refractivity contribution in [2.24, 2.45) is 11.8 Å². The minimum Gasteiger partial charge on any atom is -0.383 e. The number of anilines is 1. The predicted octanol–water partition coefficient (Wildman–Crippen LogP) is 2.01. The van der Waals surface area contributed by atoms with Crippen molar-refractivity contribution in [2.45, 2.75) is 19.4 Å². The van der Waals surface area contributed by atoms with E-state index in [4.69, 9.17) is 0 Å². The third-order valence-electron chi connectivity index (χ3n) is 3.71. The summed E-state index contributed by atoms with van der Waals surface area (Å²) >= 11 is 0. The van der Waals surface area contributed by atoms with E-state index in [1.165, 1.54) is 24.2 Å². The Morgan fingerprint density at radius 2 is 2.13 bits per heavy atom. The number of aryl methyl sites for hydroxylation is 1. The first-order valence-corrected chi connectivity index (χ1v) is 5.87.